The number of hydrogen-bond donors (Lipinski definition) is 0. The van der Waals surface area contributed by atoms with Crippen LogP contribution in [-0.4, -0.2) is 20.5 Å². The van der Waals surface area contributed by atoms with Gasteiger partial charge in [-0.15, -0.1) is 0 Å². The number of benzene rings is 1. The highest BCUT2D eigenvalue weighted by Crippen LogP contribution is 2.64. The summed E-state index contributed by atoms with van der Waals surface area (Å²) in [6.45, 7) is 20.8. The molecule has 2 atom stereocenters. The minimum Gasteiger partial charge on any atom is -0.543 e. The van der Waals surface area contributed by atoms with E-state index in [0.29, 0.717) is 6.61 Å². The second-order valence-corrected chi connectivity index (χ2v) is 15.3. The highest BCUT2D eigenvalue weighted by molar-refractivity contribution is 6.74. The van der Waals surface area contributed by atoms with Crippen LogP contribution in [0.5, 0.6) is 5.75 Å². The molecule has 3 rings (SSSR count). The molecule has 0 bridgehead atoms. The van der Waals surface area contributed by atoms with Crippen LogP contribution in [0, 0.1) is 11.3 Å². The molecule has 152 valence electrons. The summed E-state index contributed by atoms with van der Waals surface area (Å²) in [7, 11) is -1.92. The molecule has 1 aromatic carbocycles. The number of ether oxygens (including phenoxy) is 1. The molecular formula is C22H36O4Si. The summed E-state index contributed by atoms with van der Waals surface area (Å²) in [5.41, 5.74) is 0.397. The van der Waals surface area contributed by atoms with Crippen LogP contribution < -0.4 is 4.43 Å². The summed E-state index contributed by atoms with van der Waals surface area (Å²) in [5.74, 6) is 0.246. The van der Waals surface area contributed by atoms with Crippen LogP contribution in [0.3, 0.4) is 0 Å². The Kier molecular flexibility index (Phi) is 4.87. The molecule has 0 saturated carbocycles. The fraction of sp³-hybridized carbons (Fsp3) is 0.727. The van der Waals surface area contributed by atoms with Gasteiger partial charge in [0.05, 0.1) is 6.61 Å². The molecule has 4 nitrogen and oxygen atoms in total. The van der Waals surface area contributed by atoms with Gasteiger partial charge in [0.15, 0.2) is 5.60 Å². The van der Waals surface area contributed by atoms with Gasteiger partial charge < -0.3 is 9.16 Å². The SMILES string of the molecule is CC(C)C12OOC1(c1cccc(O[Si](C)(C)C(C)(C)C)c1)OCCC2(C)C. The predicted octanol–water partition coefficient (Wildman–Crippen LogP) is 6.03. The molecule has 2 aliphatic heterocycles. The summed E-state index contributed by atoms with van der Waals surface area (Å²) in [5, 5.41) is 0.141. The van der Waals surface area contributed by atoms with Crippen molar-refractivity contribution in [2.45, 2.75) is 84.4 Å². The summed E-state index contributed by atoms with van der Waals surface area (Å²) in [4.78, 5) is 11.7. The van der Waals surface area contributed by atoms with Crippen LogP contribution in [0.25, 0.3) is 0 Å². The average Bonchev–Trinajstić information content (AvgIpc) is 2.47. The van der Waals surface area contributed by atoms with Crippen LogP contribution >= 0.6 is 0 Å². The van der Waals surface area contributed by atoms with Gasteiger partial charge in [-0.05, 0) is 42.6 Å². The van der Waals surface area contributed by atoms with E-state index in [1.54, 1.807) is 0 Å². The van der Waals surface area contributed by atoms with E-state index in [9.17, 15) is 0 Å². The van der Waals surface area contributed by atoms with Crippen molar-refractivity contribution in [1.29, 1.82) is 0 Å². The van der Waals surface area contributed by atoms with Gasteiger partial charge >= 0.3 is 0 Å². The highest BCUT2D eigenvalue weighted by Gasteiger charge is 2.75. The maximum absolute atomic E-state index is 6.53. The molecular weight excluding hydrogens is 356 g/mol. The van der Waals surface area contributed by atoms with Crippen molar-refractivity contribution in [3.8, 4) is 5.75 Å². The maximum Gasteiger partial charge on any atom is 0.261 e. The Morgan fingerprint density at radius 1 is 1.11 bits per heavy atom. The highest BCUT2D eigenvalue weighted by atomic mass is 28.4. The normalized spacial score (nSPS) is 30.6. The molecule has 2 heterocycles. The molecule has 0 aromatic heterocycles. The van der Waals surface area contributed by atoms with Crippen molar-refractivity contribution in [3.63, 3.8) is 0 Å². The van der Waals surface area contributed by atoms with Gasteiger partial charge in [-0.3, -0.25) is 0 Å². The molecule has 0 radical (unpaired) electrons. The first-order valence-corrected chi connectivity index (χ1v) is 13.0. The molecule has 2 unspecified atom stereocenters. The number of rotatable bonds is 4. The molecule has 0 N–H and O–H groups in total. The second-order valence-electron chi connectivity index (χ2n) is 10.5. The average molecular weight is 393 g/mol. The van der Waals surface area contributed by atoms with Crippen molar-refractivity contribution in [2.24, 2.45) is 11.3 Å². The molecule has 0 aliphatic carbocycles. The van der Waals surface area contributed by atoms with Crippen LogP contribution in [0.2, 0.25) is 18.1 Å². The zero-order chi connectivity index (χ0) is 20.3. The molecule has 5 heteroatoms. The van der Waals surface area contributed by atoms with Crippen molar-refractivity contribution in [3.05, 3.63) is 29.8 Å². The van der Waals surface area contributed by atoms with E-state index < -0.39 is 19.7 Å². The van der Waals surface area contributed by atoms with E-state index in [1.165, 1.54) is 0 Å². The van der Waals surface area contributed by atoms with E-state index in [2.05, 4.69) is 73.7 Å². The third-order valence-corrected chi connectivity index (χ3v) is 11.4. The van der Waals surface area contributed by atoms with Gasteiger partial charge in [-0.1, -0.05) is 60.6 Å². The lowest BCUT2D eigenvalue weighted by Gasteiger charge is -2.66. The van der Waals surface area contributed by atoms with Gasteiger partial charge in [0.1, 0.15) is 5.75 Å². The van der Waals surface area contributed by atoms with Gasteiger partial charge in [-0.2, -0.15) is 4.89 Å². The lowest BCUT2D eigenvalue weighted by molar-refractivity contribution is -0.656. The Morgan fingerprint density at radius 3 is 2.30 bits per heavy atom. The first kappa shape index (κ1) is 20.8. The largest absolute Gasteiger partial charge is 0.543 e. The fourth-order valence-corrected chi connectivity index (χ4v) is 5.37. The van der Waals surface area contributed by atoms with Gasteiger partial charge in [-0.25, -0.2) is 4.89 Å². The van der Waals surface area contributed by atoms with Crippen molar-refractivity contribution in [1.82, 2.24) is 0 Å². The molecule has 2 aliphatic rings. The summed E-state index contributed by atoms with van der Waals surface area (Å²) < 4.78 is 12.8. The standard InChI is InChI=1S/C22H36O4Si/c1-16(2)21-20(6,7)13-14-23-22(21,26-25-21)17-11-10-12-18(15-17)24-27(8,9)19(3,4)5/h10-12,15-16H,13-14H2,1-9H3. The summed E-state index contributed by atoms with van der Waals surface area (Å²) in [6, 6.07) is 8.22. The van der Waals surface area contributed by atoms with Gasteiger partial charge in [0.25, 0.3) is 5.79 Å². The Morgan fingerprint density at radius 2 is 1.78 bits per heavy atom. The van der Waals surface area contributed by atoms with E-state index in [1.807, 2.05) is 12.1 Å². The Labute approximate surface area is 165 Å². The van der Waals surface area contributed by atoms with Gasteiger partial charge in [0, 0.05) is 11.0 Å². The first-order chi connectivity index (χ1) is 12.3. The molecule has 0 spiro atoms. The first-order valence-electron chi connectivity index (χ1n) is 10.1. The summed E-state index contributed by atoms with van der Waals surface area (Å²) in [6.07, 6.45) is 0.941. The Balaban J connectivity index is 2.02. The zero-order valence-corrected chi connectivity index (χ0v) is 19.4. The Hall–Kier alpha value is -0.883. The van der Waals surface area contributed by atoms with E-state index in [4.69, 9.17) is 18.9 Å². The van der Waals surface area contributed by atoms with E-state index >= 15 is 0 Å². The second kappa shape index (κ2) is 6.31. The molecule has 0 amide bonds. The van der Waals surface area contributed by atoms with Gasteiger partial charge in [0.2, 0.25) is 8.32 Å². The van der Waals surface area contributed by atoms with Crippen LogP contribution in [0.15, 0.2) is 24.3 Å². The number of hydrogen-bond acceptors (Lipinski definition) is 4. The Bertz CT molecular complexity index is 707. The minimum atomic E-state index is -1.92. The van der Waals surface area contributed by atoms with Crippen molar-refractivity contribution < 1.29 is 18.9 Å². The van der Waals surface area contributed by atoms with Crippen molar-refractivity contribution in [2.75, 3.05) is 6.61 Å². The third kappa shape index (κ3) is 2.89. The lowest BCUT2D eigenvalue weighted by Crippen LogP contribution is -2.76. The van der Waals surface area contributed by atoms with Crippen molar-refractivity contribution >= 4 is 8.32 Å². The maximum atomic E-state index is 6.53. The third-order valence-electron chi connectivity index (χ3n) is 7.02. The quantitative estimate of drug-likeness (QED) is 0.463. The predicted molar refractivity (Wildman–Crippen MR) is 110 cm³/mol. The van der Waals surface area contributed by atoms with E-state index in [0.717, 1.165) is 17.7 Å². The molecule has 27 heavy (non-hydrogen) atoms. The topological polar surface area (TPSA) is 36.9 Å². The van der Waals surface area contributed by atoms with E-state index in [-0.39, 0.29) is 16.4 Å². The van der Waals surface area contributed by atoms with Crippen LogP contribution in [0.4, 0.5) is 0 Å². The summed E-state index contributed by atoms with van der Waals surface area (Å²) >= 11 is 0. The molecule has 2 saturated heterocycles. The van der Waals surface area contributed by atoms with Crippen LogP contribution in [-0.2, 0) is 20.3 Å². The fourth-order valence-electron chi connectivity index (χ4n) is 4.35. The lowest BCUT2D eigenvalue weighted by atomic mass is 9.59. The molecule has 2 fully saturated rings. The smallest absolute Gasteiger partial charge is 0.261 e. The molecule has 1 aromatic rings. The van der Waals surface area contributed by atoms with Crippen LogP contribution in [0.1, 0.15) is 60.5 Å². The number of fused-ring (bicyclic) bond motifs is 1. The zero-order valence-electron chi connectivity index (χ0n) is 18.4. The minimum absolute atomic E-state index is 0.0615. The monoisotopic (exact) mass is 392 g/mol.